The normalized spacial score (nSPS) is 11.6. The number of rotatable bonds is 5. The highest BCUT2D eigenvalue weighted by atomic mass is 19.1. The fraction of sp³-hybridized carbons (Fsp3) is 0.188. The Morgan fingerprint density at radius 3 is 2.19 bits per heavy atom. The van der Waals surface area contributed by atoms with Crippen molar-refractivity contribution in [2.24, 2.45) is 0 Å². The number of carbonyl (C=O) groups excluding carboxylic acids is 1. The molecule has 0 aliphatic rings. The molecule has 0 spiro atoms. The van der Waals surface area contributed by atoms with Crippen molar-refractivity contribution in [3.05, 3.63) is 54.3 Å². The number of hydrogen-bond donors (Lipinski definition) is 2. The van der Waals surface area contributed by atoms with Crippen LogP contribution in [0.25, 0.3) is 0 Å². The van der Waals surface area contributed by atoms with Crippen molar-refractivity contribution in [3.8, 4) is 5.75 Å². The monoisotopic (exact) mass is 288 g/mol. The van der Waals surface area contributed by atoms with Crippen molar-refractivity contribution in [3.63, 3.8) is 0 Å². The van der Waals surface area contributed by atoms with E-state index in [1.807, 2.05) is 24.3 Å². The van der Waals surface area contributed by atoms with Crippen LogP contribution in [-0.2, 0) is 4.79 Å². The quantitative estimate of drug-likeness (QED) is 0.887. The van der Waals surface area contributed by atoms with Crippen molar-refractivity contribution in [2.45, 2.75) is 13.0 Å². The molecule has 0 heterocycles. The first-order valence-electron chi connectivity index (χ1n) is 6.55. The summed E-state index contributed by atoms with van der Waals surface area (Å²) in [6.45, 7) is 1.75. The highest BCUT2D eigenvalue weighted by Gasteiger charge is 2.12. The Bertz CT molecular complexity index is 597. The van der Waals surface area contributed by atoms with Crippen LogP contribution in [0.5, 0.6) is 5.75 Å². The lowest BCUT2D eigenvalue weighted by atomic mass is 10.2. The molecule has 2 rings (SSSR count). The van der Waals surface area contributed by atoms with Gasteiger partial charge in [0.05, 0.1) is 7.11 Å². The van der Waals surface area contributed by atoms with Crippen LogP contribution >= 0.6 is 0 Å². The van der Waals surface area contributed by atoms with E-state index in [4.69, 9.17) is 4.74 Å². The number of amides is 1. The molecule has 2 aromatic carbocycles. The van der Waals surface area contributed by atoms with Gasteiger partial charge < -0.3 is 15.4 Å². The summed E-state index contributed by atoms with van der Waals surface area (Å²) in [4.78, 5) is 12.0. The number of methoxy groups -OCH3 is 1. The van der Waals surface area contributed by atoms with Gasteiger partial charge in [-0.15, -0.1) is 0 Å². The molecule has 0 aliphatic carbocycles. The largest absolute Gasteiger partial charge is 0.497 e. The van der Waals surface area contributed by atoms with E-state index < -0.39 is 6.04 Å². The third-order valence-electron chi connectivity index (χ3n) is 2.98. The summed E-state index contributed by atoms with van der Waals surface area (Å²) in [5.74, 6) is 0.221. The van der Waals surface area contributed by atoms with Crippen LogP contribution in [-0.4, -0.2) is 19.1 Å². The first-order chi connectivity index (χ1) is 10.1. The van der Waals surface area contributed by atoms with Gasteiger partial charge in [0.2, 0.25) is 5.91 Å². The molecule has 0 fully saturated rings. The fourth-order valence-electron chi connectivity index (χ4n) is 1.79. The predicted molar refractivity (Wildman–Crippen MR) is 81.1 cm³/mol. The van der Waals surface area contributed by atoms with Crippen molar-refractivity contribution in [1.82, 2.24) is 0 Å². The first-order valence-corrected chi connectivity index (χ1v) is 6.55. The zero-order chi connectivity index (χ0) is 15.2. The second-order valence-electron chi connectivity index (χ2n) is 4.59. The summed E-state index contributed by atoms with van der Waals surface area (Å²) in [6.07, 6.45) is 0. The molecule has 0 bridgehead atoms. The molecule has 0 saturated carbocycles. The number of hydrogen-bond acceptors (Lipinski definition) is 3. The number of benzene rings is 2. The van der Waals surface area contributed by atoms with Gasteiger partial charge in [-0.3, -0.25) is 4.79 Å². The summed E-state index contributed by atoms with van der Waals surface area (Å²) in [5, 5.41) is 5.80. The van der Waals surface area contributed by atoms with Crippen LogP contribution in [0.2, 0.25) is 0 Å². The van der Waals surface area contributed by atoms with Crippen LogP contribution in [0.3, 0.4) is 0 Å². The van der Waals surface area contributed by atoms with Gasteiger partial charge in [0.15, 0.2) is 0 Å². The molecule has 2 N–H and O–H groups in total. The fourth-order valence-corrected chi connectivity index (χ4v) is 1.79. The third-order valence-corrected chi connectivity index (χ3v) is 2.98. The molecule has 5 heteroatoms. The smallest absolute Gasteiger partial charge is 0.246 e. The van der Waals surface area contributed by atoms with Crippen LogP contribution < -0.4 is 15.4 Å². The van der Waals surface area contributed by atoms with Crippen LogP contribution in [0.15, 0.2) is 48.5 Å². The summed E-state index contributed by atoms with van der Waals surface area (Å²) >= 11 is 0. The molecule has 21 heavy (non-hydrogen) atoms. The van der Waals surface area contributed by atoms with E-state index in [1.165, 1.54) is 24.3 Å². The van der Waals surface area contributed by atoms with E-state index in [0.29, 0.717) is 5.69 Å². The van der Waals surface area contributed by atoms with E-state index in [1.54, 1.807) is 14.0 Å². The average molecular weight is 288 g/mol. The van der Waals surface area contributed by atoms with Gasteiger partial charge in [0.25, 0.3) is 0 Å². The number of ether oxygens (including phenoxy) is 1. The number of anilines is 2. The van der Waals surface area contributed by atoms with Gasteiger partial charge in [-0.1, -0.05) is 0 Å². The van der Waals surface area contributed by atoms with Gasteiger partial charge in [-0.25, -0.2) is 4.39 Å². The topological polar surface area (TPSA) is 50.4 Å². The Labute approximate surface area is 122 Å². The number of halogens is 1. The molecule has 2 aromatic rings. The molecular weight excluding hydrogens is 271 g/mol. The van der Waals surface area contributed by atoms with Crippen molar-refractivity contribution < 1.29 is 13.9 Å². The molecule has 1 unspecified atom stereocenters. The lowest BCUT2D eigenvalue weighted by Crippen LogP contribution is -2.31. The molecule has 0 saturated heterocycles. The molecule has 0 radical (unpaired) electrons. The molecule has 1 atom stereocenters. The zero-order valence-corrected chi connectivity index (χ0v) is 11.9. The molecule has 0 aliphatic heterocycles. The number of nitrogens with one attached hydrogen (secondary N) is 2. The van der Waals surface area contributed by atoms with Crippen molar-refractivity contribution in [1.29, 1.82) is 0 Å². The van der Waals surface area contributed by atoms with E-state index in [-0.39, 0.29) is 11.7 Å². The summed E-state index contributed by atoms with van der Waals surface area (Å²) in [6, 6.07) is 12.5. The third kappa shape index (κ3) is 4.21. The Kier molecular flexibility index (Phi) is 4.77. The zero-order valence-electron chi connectivity index (χ0n) is 11.9. The maximum atomic E-state index is 12.8. The standard InChI is InChI=1S/C16H17FN2O2/c1-11(18-13-7-9-15(21-2)10-8-13)16(20)19-14-5-3-12(17)4-6-14/h3-11,18H,1-2H3,(H,19,20). The maximum Gasteiger partial charge on any atom is 0.246 e. The summed E-state index contributed by atoms with van der Waals surface area (Å²) in [7, 11) is 1.60. The van der Waals surface area contributed by atoms with Gasteiger partial charge in [0.1, 0.15) is 17.6 Å². The van der Waals surface area contributed by atoms with Gasteiger partial charge >= 0.3 is 0 Å². The molecule has 110 valence electrons. The van der Waals surface area contributed by atoms with Crippen LogP contribution in [0.4, 0.5) is 15.8 Å². The SMILES string of the molecule is COc1ccc(NC(C)C(=O)Nc2ccc(F)cc2)cc1. The Morgan fingerprint density at radius 2 is 1.62 bits per heavy atom. The van der Waals surface area contributed by atoms with Crippen LogP contribution in [0, 0.1) is 5.82 Å². The lowest BCUT2D eigenvalue weighted by Gasteiger charge is -2.15. The molecule has 4 nitrogen and oxygen atoms in total. The van der Waals surface area contributed by atoms with Crippen molar-refractivity contribution in [2.75, 3.05) is 17.7 Å². The van der Waals surface area contributed by atoms with Crippen molar-refractivity contribution >= 4 is 17.3 Å². The van der Waals surface area contributed by atoms with Crippen LogP contribution in [0.1, 0.15) is 6.92 Å². The predicted octanol–water partition coefficient (Wildman–Crippen LogP) is 3.27. The van der Waals surface area contributed by atoms with E-state index in [9.17, 15) is 9.18 Å². The molecular formula is C16H17FN2O2. The minimum atomic E-state index is -0.427. The summed E-state index contributed by atoms with van der Waals surface area (Å²) < 4.78 is 17.9. The van der Waals surface area contributed by atoms with Gasteiger partial charge in [0, 0.05) is 11.4 Å². The molecule has 0 aromatic heterocycles. The second kappa shape index (κ2) is 6.74. The highest BCUT2D eigenvalue weighted by molar-refractivity contribution is 5.96. The van der Waals surface area contributed by atoms with E-state index in [0.717, 1.165) is 11.4 Å². The van der Waals surface area contributed by atoms with E-state index >= 15 is 0 Å². The average Bonchev–Trinajstić information content (AvgIpc) is 2.50. The highest BCUT2D eigenvalue weighted by Crippen LogP contribution is 2.16. The minimum absolute atomic E-state index is 0.197. The minimum Gasteiger partial charge on any atom is -0.497 e. The van der Waals surface area contributed by atoms with Gasteiger partial charge in [-0.05, 0) is 55.5 Å². The van der Waals surface area contributed by atoms with E-state index in [2.05, 4.69) is 10.6 Å². The van der Waals surface area contributed by atoms with Gasteiger partial charge in [-0.2, -0.15) is 0 Å². The Morgan fingerprint density at radius 1 is 1.05 bits per heavy atom. The second-order valence-corrected chi connectivity index (χ2v) is 4.59. The Hall–Kier alpha value is -2.56. The Balaban J connectivity index is 1.93. The summed E-state index contributed by atoms with van der Waals surface area (Å²) in [5.41, 5.74) is 1.38. The first kappa shape index (κ1) is 14.8. The number of carbonyl (C=O) groups is 1. The molecule has 1 amide bonds. The lowest BCUT2D eigenvalue weighted by molar-refractivity contribution is -0.116. The maximum absolute atomic E-state index is 12.8.